The molecule has 1 atom stereocenters. The van der Waals surface area contributed by atoms with Crippen LogP contribution in [0.3, 0.4) is 0 Å². The number of carbonyl (C=O) groups is 2. The number of benzene rings is 1. The minimum Gasteiger partial charge on any atom is -0.465 e. The molecule has 0 bridgehead atoms. The summed E-state index contributed by atoms with van der Waals surface area (Å²) in [4.78, 5) is 24.3. The number of carbonyl (C=O) groups excluding carboxylic acids is 1. The summed E-state index contributed by atoms with van der Waals surface area (Å²) in [5.74, 6) is 0. The number of hydrogen-bond acceptors (Lipinski definition) is 3. The van der Waals surface area contributed by atoms with Gasteiger partial charge < -0.3 is 15.2 Å². The van der Waals surface area contributed by atoms with Crippen molar-refractivity contribution in [2.24, 2.45) is 0 Å². The molecule has 122 valence electrons. The maximum Gasteiger partial charge on any atom is 0.408 e. The highest BCUT2D eigenvalue weighted by Gasteiger charge is 2.30. The van der Waals surface area contributed by atoms with Crippen LogP contribution in [-0.4, -0.2) is 40.3 Å². The zero-order chi connectivity index (χ0) is 16.8. The van der Waals surface area contributed by atoms with Crippen molar-refractivity contribution in [3.8, 4) is 0 Å². The van der Waals surface area contributed by atoms with Crippen LogP contribution in [0.25, 0.3) is 0 Å². The molecule has 0 spiro atoms. The highest BCUT2D eigenvalue weighted by Crippen LogP contribution is 2.16. The molecule has 0 radical (unpaired) electrons. The first-order valence-electron chi connectivity index (χ1n) is 7.18. The Labute approximate surface area is 131 Å². The number of alkyl carbamates (subject to hydrolysis) is 1. The molecule has 1 rings (SSSR count). The van der Waals surface area contributed by atoms with Gasteiger partial charge in [-0.25, -0.2) is 9.59 Å². The summed E-state index contributed by atoms with van der Waals surface area (Å²) in [5, 5.41) is 11.9. The van der Waals surface area contributed by atoms with E-state index in [1.54, 1.807) is 6.92 Å². The molecular weight excluding hydrogens is 284 g/mol. The van der Waals surface area contributed by atoms with Gasteiger partial charge in [0.05, 0.1) is 6.04 Å². The van der Waals surface area contributed by atoms with Crippen LogP contribution >= 0.6 is 0 Å². The zero-order valence-electron chi connectivity index (χ0n) is 13.5. The Balaban J connectivity index is 2.44. The smallest absolute Gasteiger partial charge is 0.408 e. The molecule has 0 saturated heterocycles. The van der Waals surface area contributed by atoms with E-state index < -0.39 is 17.7 Å². The van der Waals surface area contributed by atoms with E-state index in [1.165, 1.54) is 4.90 Å². The predicted molar refractivity (Wildman–Crippen MR) is 83.7 cm³/mol. The van der Waals surface area contributed by atoms with Crippen LogP contribution in [0.1, 0.15) is 33.3 Å². The summed E-state index contributed by atoms with van der Waals surface area (Å²) >= 11 is 0. The molecule has 0 aliphatic heterocycles. The van der Waals surface area contributed by atoms with Crippen molar-refractivity contribution < 1.29 is 19.4 Å². The Kier molecular flexibility index (Phi) is 6.22. The quantitative estimate of drug-likeness (QED) is 0.876. The third-order valence-corrected chi connectivity index (χ3v) is 3.12. The maximum atomic E-state index is 11.7. The predicted octanol–water partition coefficient (Wildman–Crippen LogP) is 3.08. The van der Waals surface area contributed by atoms with Crippen LogP contribution in [0.5, 0.6) is 0 Å². The molecule has 1 aromatic rings. The molecule has 0 saturated carbocycles. The Hall–Kier alpha value is -2.24. The molecule has 1 aromatic carbocycles. The van der Waals surface area contributed by atoms with Gasteiger partial charge in [-0.1, -0.05) is 30.3 Å². The van der Waals surface area contributed by atoms with Gasteiger partial charge in [-0.05, 0) is 33.3 Å². The van der Waals surface area contributed by atoms with Gasteiger partial charge >= 0.3 is 12.2 Å². The highest BCUT2D eigenvalue weighted by atomic mass is 16.5. The van der Waals surface area contributed by atoms with Gasteiger partial charge in [0, 0.05) is 12.1 Å². The molecular formula is C16H24N2O4. The lowest BCUT2D eigenvalue weighted by Crippen LogP contribution is -2.53. The first kappa shape index (κ1) is 17.8. The first-order chi connectivity index (χ1) is 10.2. The Morgan fingerprint density at radius 2 is 1.86 bits per heavy atom. The van der Waals surface area contributed by atoms with Crippen LogP contribution in [0.15, 0.2) is 30.3 Å². The van der Waals surface area contributed by atoms with Gasteiger partial charge in [0.2, 0.25) is 0 Å². The van der Waals surface area contributed by atoms with E-state index in [4.69, 9.17) is 4.74 Å². The maximum absolute atomic E-state index is 11.7. The fourth-order valence-corrected chi connectivity index (χ4v) is 2.23. The van der Waals surface area contributed by atoms with Crippen LogP contribution in [0, 0.1) is 0 Å². The van der Waals surface area contributed by atoms with Crippen molar-refractivity contribution in [2.45, 2.75) is 45.9 Å². The number of nitrogens with zero attached hydrogens (tertiary/aromatic N) is 1. The van der Waals surface area contributed by atoms with Gasteiger partial charge in [0.25, 0.3) is 0 Å². The molecule has 0 aliphatic rings. The third-order valence-electron chi connectivity index (χ3n) is 3.12. The van der Waals surface area contributed by atoms with E-state index in [-0.39, 0.29) is 19.2 Å². The van der Waals surface area contributed by atoms with Gasteiger partial charge in [-0.2, -0.15) is 0 Å². The second-order valence-electron chi connectivity index (χ2n) is 6.12. The lowest BCUT2D eigenvalue weighted by Gasteiger charge is -2.38. The minimum absolute atomic E-state index is 0.184. The largest absolute Gasteiger partial charge is 0.465 e. The first-order valence-corrected chi connectivity index (χ1v) is 7.18. The van der Waals surface area contributed by atoms with E-state index in [0.717, 1.165) is 5.56 Å². The van der Waals surface area contributed by atoms with E-state index in [0.29, 0.717) is 0 Å². The summed E-state index contributed by atoms with van der Waals surface area (Å²) in [6.45, 7) is 7.55. The van der Waals surface area contributed by atoms with Gasteiger partial charge in [0.15, 0.2) is 0 Å². The number of rotatable bonds is 5. The summed E-state index contributed by atoms with van der Waals surface area (Å²) < 4.78 is 5.09. The third kappa shape index (κ3) is 5.63. The van der Waals surface area contributed by atoms with Crippen LogP contribution in [-0.2, 0) is 11.3 Å². The lowest BCUT2D eigenvalue weighted by molar-refractivity contribution is 0.0731. The molecule has 2 N–H and O–H groups in total. The normalized spacial score (nSPS) is 12.4. The molecule has 1 unspecified atom stereocenters. The highest BCUT2D eigenvalue weighted by molar-refractivity contribution is 5.68. The van der Waals surface area contributed by atoms with Gasteiger partial charge in [-0.15, -0.1) is 0 Å². The molecule has 0 aliphatic carbocycles. The summed E-state index contributed by atoms with van der Waals surface area (Å²) in [6, 6.07) is 8.99. The Morgan fingerprint density at radius 3 is 2.36 bits per heavy atom. The van der Waals surface area contributed by atoms with Gasteiger partial charge in [-0.3, -0.25) is 4.90 Å². The lowest BCUT2D eigenvalue weighted by atomic mass is 10.0. The monoisotopic (exact) mass is 308 g/mol. The molecule has 22 heavy (non-hydrogen) atoms. The van der Waals surface area contributed by atoms with E-state index in [2.05, 4.69) is 5.32 Å². The number of hydrogen-bond donors (Lipinski definition) is 2. The molecule has 0 fully saturated rings. The van der Waals surface area contributed by atoms with Crippen molar-refractivity contribution in [3.63, 3.8) is 0 Å². The van der Waals surface area contributed by atoms with Crippen molar-refractivity contribution in [1.29, 1.82) is 0 Å². The van der Waals surface area contributed by atoms with Crippen molar-refractivity contribution >= 4 is 12.2 Å². The molecule has 0 aromatic heterocycles. The molecule has 6 nitrogen and oxygen atoms in total. The van der Waals surface area contributed by atoms with Crippen molar-refractivity contribution in [2.75, 3.05) is 6.54 Å². The average molecular weight is 308 g/mol. The Bertz CT molecular complexity index is 497. The molecule has 2 amide bonds. The second-order valence-corrected chi connectivity index (χ2v) is 6.12. The zero-order valence-corrected chi connectivity index (χ0v) is 13.5. The van der Waals surface area contributed by atoms with Crippen LogP contribution in [0.2, 0.25) is 0 Å². The van der Waals surface area contributed by atoms with E-state index in [1.807, 2.05) is 51.1 Å². The number of amides is 2. The summed E-state index contributed by atoms with van der Waals surface area (Å²) in [6.07, 6.45) is -1.57. The second kappa shape index (κ2) is 7.68. The van der Waals surface area contributed by atoms with Gasteiger partial charge in [0.1, 0.15) is 6.61 Å². The summed E-state index contributed by atoms with van der Waals surface area (Å²) in [5.41, 5.74) is 0.355. The number of ether oxygens (including phenoxy) is 1. The fraction of sp³-hybridized carbons (Fsp3) is 0.500. The number of carboxylic acid groups (broad SMARTS) is 1. The fourth-order valence-electron chi connectivity index (χ4n) is 2.23. The molecule has 6 heteroatoms. The van der Waals surface area contributed by atoms with Crippen LogP contribution in [0.4, 0.5) is 9.59 Å². The Morgan fingerprint density at radius 1 is 1.27 bits per heavy atom. The topological polar surface area (TPSA) is 78.9 Å². The van der Waals surface area contributed by atoms with Crippen molar-refractivity contribution in [3.05, 3.63) is 35.9 Å². The van der Waals surface area contributed by atoms with Crippen molar-refractivity contribution in [1.82, 2.24) is 10.2 Å². The standard InChI is InChI=1S/C16H24N2O4/c1-12(18(15(20)21)16(2,3)4)10-17-14(19)22-11-13-8-6-5-7-9-13/h5-9,12H,10-11H2,1-4H3,(H,17,19)(H,20,21). The minimum atomic E-state index is -1.01. The molecule has 0 heterocycles. The van der Waals surface area contributed by atoms with E-state index in [9.17, 15) is 14.7 Å². The average Bonchev–Trinajstić information content (AvgIpc) is 2.42. The summed E-state index contributed by atoms with van der Waals surface area (Å²) in [7, 11) is 0. The van der Waals surface area contributed by atoms with E-state index >= 15 is 0 Å². The number of nitrogens with one attached hydrogen (secondary N) is 1. The SMILES string of the molecule is CC(CNC(=O)OCc1ccccc1)N(C(=O)O)C(C)(C)C. The van der Waals surface area contributed by atoms with Crippen LogP contribution < -0.4 is 5.32 Å².